The van der Waals surface area contributed by atoms with Crippen molar-refractivity contribution in [2.24, 2.45) is 0 Å². The van der Waals surface area contributed by atoms with Gasteiger partial charge >= 0.3 is 11.7 Å². The lowest BCUT2D eigenvalue weighted by molar-refractivity contribution is -0.385. The van der Waals surface area contributed by atoms with E-state index in [0.717, 1.165) is 6.08 Å². The second kappa shape index (κ2) is 5.50. The Balaban J connectivity index is 2.67. The van der Waals surface area contributed by atoms with Crippen LogP contribution in [0.3, 0.4) is 0 Å². The number of carboxylic acid groups (broad SMARTS) is 1. The summed E-state index contributed by atoms with van der Waals surface area (Å²) in [5.74, 6) is -0.978. The average molecular weight is 223 g/mol. The van der Waals surface area contributed by atoms with Gasteiger partial charge in [-0.25, -0.2) is 4.79 Å². The molecule has 0 aliphatic heterocycles. The topological polar surface area (TPSA) is 89.7 Å². The van der Waals surface area contributed by atoms with Crippen LogP contribution in [0.1, 0.15) is 0 Å². The van der Waals surface area contributed by atoms with E-state index in [2.05, 4.69) is 0 Å². The maximum absolute atomic E-state index is 10.6. The quantitative estimate of drug-likeness (QED) is 0.465. The van der Waals surface area contributed by atoms with Crippen molar-refractivity contribution in [3.8, 4) is 5.75 Å². The fraction of sp³-hybridized carbons (Fsp3) is 0.100. The van der Waals surface area contributed by atoms with E-state index >= 15 is 0 Å². The minimum absolute atomic E-state index is 0.0306. The van der Waals surface area contributed by atoms with Gasteiger partial charge in [0.25, 0.3) is 0 Å². The third-order valence-electron chi connectivity index (χ3n) is 1.66. The number of hydrogen-bond acceptors (Lipinski definition) is 4. The van der Waals surface area contributed by atoms with E-state index in [-0.39, 0.29) is 18.0 Å². The number of para-hydroxylation sites is 2. The molecule has 1 aromatic carbocycles. The number of rotatable bonds is 5. The lowest BCUT2D eigenvalue weighted by atomic mass is 10.3. The summed E-state index contributed by atoms with van der Waals surface area (Å²) in [4.78, 5) is 20.2. The Kier molecular flexibility index (Phi) is 4.02. The zero-order valence-electron chi connectivity index (χ0n) is 8.20. The maximum Gasteiger partial charge on any atom is 0.328 e. The highest BCUT2D eigenvalue weighted by atomic mass is 16.6. The molecule has 0 aliphatic rings. The Morgan fingerprint density at radius 2 is 2.19 bits per heavy atom. The number of carbonyl (C=O) groups is 1. The van der Waals surface area contributed by atoms with Crippen LogP contribution in [0.4, 0.5) is 5.69 Å². The molecule has 0 aromatic heterocycles. The molecule has 0 atom stereocenters. The molecule has 0 unspecified atom stereocenters. The summed E-state index contributed by atoms with van der Waals surface area (Å²) in [6.45, 7) is -0.0306. The van der Waals surface area contributed by atoms with Crippen LogP contribution in [0.2, 0.25) is 0 Å². The highest BCUT2D eigenvalue weighted by Gasteiger charge is 2.12. The SMILES string of the molecule is O=C(O)C=CCOc1ccccc1[N+](=O)[O-]. The van der Waals surface area contributed by atoms with Crippen molar-refractivity contribution in [1.82, 2.24) is 0 Å². The van der Waals surface area contributed by atoms with Crippen molar-refractivity contribution < 1.29 is 19.6 Å². The molecule has 1 rings (SSSR count). The molecule has 6 heteroatoms. The Morgan fingerprint density at radius 1 is 1.50 bits per heavy atom. The monoisotopic (exact) mass is 223 g/mol. The van der Waals surface area contributed by atoms with Gasteiger partial charge in [0.15, 0.2) is 5.75 Å². The molecule has 0 saturated carbocycles. The normalized spacial score (nSPS) is 10.2. The minimum Gasteiger partial charge on any atom is -0.483 e. The number of carboxylic acids is 1. The van der Waals surface area contributed by atoms with Gasteiger partial charge in [-0.1, -0.05) is 12.1 Å². The third kappa shape index (κ3) is 3.41. The van der Waals surface area contributed by atoms with Crippen molar-refractivity contribution in [1.29, 1.82) is 0 Å². The summed E-state index contributed by atoms with van der Waals surface area (Å²) in [5, 5.41) is 18.9. The van der Waals surface area contributed by atoms with Gasteiger partial charge < -0.3 is 9.84 Å². The first-order chi connectivity index (χ1) is 7.61. The van der Waals surface area contributed by atoms with Gasteiger partial charge in [-0.2, -0.15) is 0 Å². The van der Waals surface area contributed by atoms with Crippen LogP contribution >= 0.6 is 0 Å². The molecule has 0 amide bonds. The van der Waals surface area contributed by atoms with Crippen molar-refractivity contribution in [3.05, 3.63) is 46.5 Å². The summed E-state index contributed by atoms with van der Waals surface area (Å²) in [7, 11) is 0. The second-order valence-electron chi connectivity index (χ2n) is 2.78. The van der Waals surface area contributed by atoms with Gasteiger partial charge in [0, 0.05) is 12.1 Å². The summed E-state index contributed by atoms with van der Waals surface area (Å²) in [6.07, 6.45) is 2.17. The molecule has 1 N–H and O–H groups in total. The number of nitro benzene ring substituents is 1. The molecule has 1 aromatic rings. The smallest absolute Gasteiger partial charge is 0.328 e. The average Bonchev–Trinajstić information content (AvgIpc) is 2.24. The Morgan fingerprint density at radius 3 is 2.81 bits per heavy atom. The number of nitro groups is 1. The van der Waals surface area contributed by atoms with E-state index in [1.807, 2.05) is 0 Å². The fourth-order valence-corrected chi connectivity index (χ4v) is 1.02. The molecule has 16 heavy (non-hydrogen) atoms. The second-order valence-corrected chi connectivity index (χ2v) is 2.78. The number of hydrogen-bond donors (Lipinski definition) is 1. The standard InChI is InChI=1S/C10H9NO5/c12-10(13)6-3-7-16-9-5-2-1-4-8(9)11(14)15/h1-6H,7H2,(H,12,13). The molecule has 0 heterocycles. The van der Waals surface area contributed by atoms with E-state index < -0.39 is 10.9 Å². The fourth-order valence-electron chi connectivity index (χ4n) is 1.02. The van der Waals surface area contributed by atoms with Gasteiger partial charge in [-0.15, -0.1) is 0 Å². The zero-order chi connectivity index (χ0) is 12.0. The lowest BCUT2D eigenvalue weighted by Gasteiger charge is -2.02. The van der Waals surface area contributed by atoms with Crippen LogP contribution in [0.5, 0.6) is 5.75 Å². The van der Waals surface area contributed by atoms with Gasteiger partial charge in [0.1, 0.15) is 6.61 Å². The first-order valence-electron chi connectivity index (χ1n) is 4.37. The van der Waals surface area contributed by atoms with E-state index in [0.29, 0.717) is 0 Å². The predicted molar refractivity (Wildman–Crippen MR) is 55.4 cm³/mol. The zero-order valence-corrected chi connectivity index (χ0v) is 8.20. The summed E-state index contributed by atoms with van der Waals surface area (Å²) in [6, 6.07) is 5.89. The van der Waals surface area contributed by atoms with E-state index in [4.69, 9.17) is 9.84 Å². The lowest BCUT2D eigenvalue weighted by Crippen LogP contribution is -1.99. The molecule has 0 bridgehead atoms. The summed E-state index contributed by atoms with van der Waals surface area (Å²) >= 11 is 0. The molecule has 0 spiro atoms. The minimum atomic E-state index is -1.09. The van der Waals surface area contributed by atoms with Gasteiger partial charge in [0.05, 0.1) is 4.92 Å². The molecule has 6 nitrogen and oxygen atoms in total. The summed E-state index contributed by atoms with van der Waals surface area (Å²) in [5.41, 5.74) is -0.147. The number of benzene rings is 1. The largest absolute Gasteiger partial charge is 0.483 e. The third-order valence-corrected chi connectivity index (χ3v) is 1.66. The van der Waals surface area contributed by atoms with E-state index in [1.165, 1.54) is 24.3 Å². The number of ether oxygens (including phenoxy) is 1. The highest BCUT2D eigenvalue weighted by Crippen LogP contribution is 2.25. The molecule has 0 aliphatic carbocycles. The van der Waals surface area contributed by atoms with Crippen LogP contribution in [0.25, 0.3) is 0 Å². The first-order valence-corrected chi connectivity index (χ1v) is 4.37. The number of aliphatic carboxylic acids is 1. The first kappa shape index (κ1) is 11.7. The van der Waals surface area contributed by atoms with Crippen molar-refractivity contribution >= 4 is 11.7 Å². The Hall–Kier alpha value is -2.37. The maximum atomic E-state index is 10.6. The van der Waals surface area contributed by atoms with Crippen LogP contribution in [0.15, 0.2) is 36.4 Å². The molecular weight excluding hydrogens is 214 g/mol. The van der Waals surface area contributed by atoms with Gasteiger partial charge in [-0.05, 0) is 12.1 Å². The van der Waals surface area contributed by atoms with Gasteiger partial charge in [0.2, 0.25) is 0 Å². The molecular formula is C10H9NO5. The van der Waals surface area contributed by atoms with E-state index in [1.54, 1.807) is 6.07 Å². The van der Waals surface area contributed by atoms with Crippen LogP contribution in [-0.4, -0.2) is 22.6 Å². The van der Waals surface area contributed by atoms with Crippen molar-refractivity contribution in [3.63, 3.8) is 0 Å². The molecule has 84 valence electrons. The van der Waals surface area contributed by atoms with Crippen molar-refractivity contribution in [2.75, 3.05) is 6.61 Å². The van der Waals surface area contributed by atoms with Crippen LogP contribution in [0, 0.1) is 10.1 Å². The predicted octanol–water partition coefficient (Wildman–Crippen LogP) is 1.61. The van der Waals surface area contributed by atoms with E-state index in [9.17, 15) is 14.9 Å². The Labute approximate surface area is 90.9 Å². The number of nitrogens with zero attached hydrogens (tertiary/aromatic N) is 1. The summed E-state index contributed by atoms with van der Waals surface area (Å²) < 4.78 is 5.06. The van der Waals surface area contributed by atoms with Crippen LogP contribution in [-0.2, 0) is 4.79 Å². The molecule has 0 radical (unpaired) electrons. The van der Waals surface area contributed by atoms with Crippen LogP contribution < -0.4 is 4.74 Å². The van der Waals surface area contributed by atoms with Crippen molar-refractivity contribution in [2.45, 2.75) is 0 Å². The van der Waals surface area contributed by atoms with Gasteiger partial charge in [-0.3, -0.25) is 10.1 Å². The molecule has 0 saturated heterocycles. The molecule has 0 fully saturated rings. The Bertz CT molecular complexity index is 427. The highest BCUT2D eigenvalue weighted by molar-refractivity contribution is 5.79.